The molecule has 1 saturated heterocycles. The van der Waals surface area contributed by atoms with Crippen LogP contribution >= 0.6 is 15.9 Å². The van der Waals surface area contributed by atoms with Crippen molar-refractivity contribution < 1.29 is 24.6 Å². The number of carboxylic acids is 1. The molecule has 1 unspecified atom stereocenters. The van der Waals surface area contributed by atoms with Crippen LogP contribution < -0.4 is 0 Å². The van der Waals surface area contributed by atoms with Crippen molar-refractivity contribution in [2.45, 2.75) is 6.04 Å². The third kappa shape index (κ3) is 3.25. The second-order valence-corrected chi connectivity index (χ2v) is 6.65. The number of Topliss-reactive ketones (excluding diaryl/α,β-unsaturated/α-hetero) is 1. The number of aliphatic hydroxyl groups excluding tert-OH is 1. The van der Waals surface area contributed by atoms with Crippen molar-refractivity contribution in [2.24, 2.45) is 0 Å². The highest BCUT2D eigenvalue weighted by molar-refractivity contribution is 9.10. The van der Waals surface area contributed by atoms with E-state index in [0.717, 1.165) is 9.37 Å². The summed E-state index contributed by atoms with van der Waals surface area (Å²) in [6.07, 6.45) is 0. The van der Waals surface area contributed by atoms with Gasteiger partial charge in [-0.3, -0.25) is 14.4 Å². The number of carbonyl (C=O) groups excluding carboxylic acids is 2. The number of aliphatic carboxylic acids is 1. The lowest BCUT2D eigenvalue weighted by Crippen LogP contribution is -2.34. The zero-order chi connectivity index (χ0) is 18.8. The Kier molecular flexibility index (Phi) is 4.90. The van der Waals surface area contributed by atoms with E-state index in [4.69, 9.17) is 5.11 Å². The lowest BCUT2D eigenvalue weighted by molar-refractivity contribution is -0.146. The fourth-order valence-corrected chi connectivity index (χ4v) is 3.20. The molecule has 2 N–H and O–H groups in total. The highest BCUT2D eigenvalue weighted by Crippen LogP contribution is 2.39. The number of benzene rings is 2. The molecule has 2 aromatic carbocycles. The lowest BCUT2D eigenvalue weighted by Gasteiger charge is -2.23. The predicted molar refractivity (Wildman–Crippen MR) is 97.2 cm³/mol. The Bertz CT molecular complexity index is 905. The van der Waals surface area contributed by atoms with Gasteiger partial charge in [0.1, 0.15) is 12.3 Å². The van der Waals surface area contributed by atoms with Gasteiger partial charge in [0.15, 0.2) is 0 Å². The summed E-state index contributed by atoms with van der Waals surface area (Å²) in [6.45, 7) is -0.638. The van der Waals surface area contributed by atoms with Crippen LogP contribution in [-0.4, -0.2) is 39.3 Å². The van der Waals surface area contributed by atoms with Crippen LogP contribution in [0, 0.1) is 0 Å². The average Bonchev–Trinajstić information content (AvgIpc) is 2.87. The third-order valence-corrected chi connectivity index (χ3v) is 4.61. The minimum absolute atomic E-state index is 0.121. The Labute approximate surface area is 157 Å². The predicted octanol–water partition coefficient (Wildman–Crippen LogP) is 2.96. The number of nitrogens with zero attached hydrogens (tertiary/aromatic N) is 1. The Balaban J connectivity index is 2.18. The highest BCUT2D eigenvalue weighted by Gasteiger charge is 2.46. The minimum Gasteiger partial charge on any atom is -0.507 e. The monoisotopic (exact) mass is 415 g/mol. The second kappa shape index (κ2) is 7.13. The fourth-order valence-electron chi connectivity index (χ4n) is 2.93. The zero-order valence-electron chi connectivity index (χ0n) is 13.4. The Morgan fingerprint density at radius 2 is 1.62 bits per heavy atom. The Morgan fingerprint density at radius 3 is 2.19 bits per heavy atom. The van der Waals surface area contributed by atoms with Crippen molar-refractivity contribution in [1.29, 1.82) is 0 Å². The van der Waals surface area contributed by atoms with E-state index >= 15 is 0 Å². The van der Waals surface area contributed by atoms with Gasteiger partial charge in [0.05, 0.1) is 11.6 Å². The number of likely N-dealkylation sites (tertiary alicyclic amines) is 1. The van der Waals surface area contributed by atoms with Crippen molar-refractivity contribution in [3.63, 3.8) is 0 Å². The molecular formula is C19H14BrNO5. The SMILES string of the molecule is O=C(O)CN1C(=O)C(=O)C(=C(O)c2ccc(Br)cc2)C1c1ccccc1. The number of ketones is 1. The molecule has 3 rings (SSSR count). The minimum atomic E-state index is -1.24. The zero-order valence-corrected chi connectivity index (χ0v) is 15.0. The van der Waals surface area contributed by atoms with Crippen LogP contribution in [0.4, 0.5) is 0 Å². The number of rotatable bonds is 4. The van der Waals surface area contributed by atoms with Gasteiger partial charge in [-0.05, 0) is 17.7 Å². The maximum atomic E-state index is 12.6. The lowest BCUT2D eigenvalue weighted by atomic mass is 9.95. The quantitative estimate of drug-likeness (QED) is 0.454. The number of carbonyl (C=O) groups is 3. The van der Waals surface area contributed by atoms with Gasteiger partial charge in [-0.2, -0.15) is 0 Å². The molecule has 1 amide bonds. The summed E-state index contributed by atoms with van der Waals surface area (Å²) in [6, 6.07) is 14.2. The molecule has 1 aliphatic rings. The van der Waals surface area contributed by atoms with E-state index in [1.165, 1.54) is 0 Å². The first-order chi connectivity index (χ1) is 12.4. The summed E-state index contributed by atoms with van der Waals surface area (Å²) in [7, 11) is 0. The molecule has 1 atom stereocenters. The number of carboxylic acid groups (broad SMARTS) is 1. The molecular weight excluding hydrogens is 402 g/mol. The normalized spacial score (nSPS) is 19.0. The number of amides is 1. The molecule has 2 aromatic rings. The van der Waals surface area contributed by atoms with Gasteiger partial charge in [0.25, 0.3) is 11.7 Å². The maximum absolute atomic E-state index is 12.6. The molecule has 26 heavy (non-hydrogen) atoms. The number of hydrogen-bond donors (Lipinski definition) is 2. The van der Waals surface area contributed by atoms with Crippen molar-refractivity contribution in [1.82, 2.24) is 4.90 Å². The van der Waals surface area contributed by atoms with Gasteiger partial charge in [-0.15, -0.1) is 0 Å². The molecule has 6 nitrogen and oxygen atoms in total. The van der Waals surface area contributed by atoms with E-state index in [-0.39, 0.29) is 11.3 Å². The molecule has 1 aliphatic heterocycles. The third-order valence-electron chi connectivity index (χ3n) is 4.08. The first kappa shape index (κ1) is 17.9. The van der Waals surface area contributed by atoms with Crippen LogP contribution in [0.25, 0.3) is 5.76 Å². The van der Waals surface area contributed by atoms with E-state index in [1.807, 2.05) is 0 Å². The fraction of sp³-hybridized carbons (Fsp3) is 0.105. The molecule has 7 heteroatoms. The summed E-state index contributed by atoms with van der Waals surface area (Å²) in [5, 5.41) is 19.8. The average molecular weight is 416 g/mol. The van der Waals surface area contributed by atoms with Gasteiger partial charge < -0.3 is 15.1 Å². The standard InChI is InChI=1S/C19H14BrNO5/c20-13-8-6-12(7-9-13)17(24)15-16(11-4-2-1-3-5-11)21(10-14(22)23)19(26)18(15)25/h1-9,16,24H,10H2,(H,22,23). The molecule has 132 valence electrons. The second-order valence-electron chi connectivity index (χ2n) is 5.74. The molecule has 0 bridgehead atoms. The molecule has 1 heterocycles. The van der Waals surface area contributed by atoms with Crippen molar-refractivity contribution in [3.8, 4) is 0 Å². The first-order valence-electron chi connectivity index (χ1n) is 7.71. The van der Waals surface area contributed by atoms with Crippen molar-refractivity contribution in [3.05, 3.63) is 75.8 Å². The summed E-state index contributed by atoms with van der Waals surface area (Å²) in [5.74, 6) is -3.42. The van der Waals surface area contributed by atoms with Gasteiger partial charge in [0, 0.05) is 10.0 Å². The Hall–Kier alpha value is -2.93. The first-order valence-corrected chi connectivity index (χ1v) is 8.50. The van der Waals surface area contributed by atoms with E-state index in [9.17, 15) is 19.5 Å². The van der Waals surface area contributed by atoms with Crippen LogP contribution in [0.15, 0.2) is 64.6 Å². The van der Waals surface area contributed by atoms with Gasteiger partial charge in [-0.1, -0.05) is 58.4 Å². The number of aliphatic hydroxyl groups is 1. The highest BCUT2D eigenvalue weighted by atomic mass is 79.9. The topological polar surface area (TPSA) is 94.9 Å². The maximum Gasteiger partial charge on any atom is 0.323 e. The van der Waals surface area contributed by atoms with Crippen LogP contribution in [0.3, 0.4) is 0 Å². The molecule has 0 aliphatic carbocycles. The molecule has 0 radical (unpaired) electrons. The number of hydrogen-bond acceptors (Lipinski definition) is 4. The molecule has 1 fully saturated rings. The summed E-state index contributed by atoms with van der Waals surface area (Å²) in [5.41, 5.74) is 0.791. The summed E-state index contributed by atoms with van der Waals surface area (Å²) in [4.78, 5) is 37.1. The Morgan fingerprint density at radius 1 is 1.00 bits per heavy atom. The van der Waals surface area contributed by atoms with E-state index in [0.29, 0.717) is 11.1 Å². The van der Waals surface area contributed by atoms with Gasteiger partial charge >= 0.3 is 5.97 Å². The van der Waals surface area contributed by atoms with Crippen molar-refractivity contribution >= 4 is 39.3 Å². The van der Waals surface area contributed by atoms with Gasteiger partial charge in [-0.25, -0.2) is 0 Å². The molecule has 0 saturated carbocycles. The summed E-state index contributed by atoms with van der Waals surface area (Å²) < 4.78 is 0.792. The van der Waals surface area contributed by atoms with Crippen molar-refractivity contribution in [2.75, 3.05) is 6.54 Å². The van der Waals surface area contributed by atoms with Gasteiger partial charge in [0.2, 0.25) is 0 Å². The summed E-state index contributed by atoms with van der Waals surface area (Å²) >= 11 is 3.29. The van der Waals surface area contributed by atoms with E-state index in [1.54, 1.807) is 54.6 Å². The van der Waals surface area contributed by atoms with Crippen LogP contribution in [0.5, 0.6) is 0 Å². The molecule has 0 spiro atoms. The largest absolute Gasteiger partial charge is 0.507 e. The van der Waals surface area contributed by atoms with E-state index in [2.05, 4.69) is 15.9 Å². The van der Waals surface area contributed by atoms with E-state index < -0.39 is 30.2 Å². The van der Waals surface area contributed by atoms with Crippen LogP contribution in [-0.2, 0) is 14.4 Å². The van der Waals surface area contributed by atoms with Crippen LogP contribution in [0.1, 0.15) is 17.2 Å². The van der Waals surface area contributed by atoms with Crippen LogP contribution in [0.2, 0.25) is 0 Å². The number of halogens is 1. The molecule has 0 aromatic heterocycles. The smallest absolute Gasteiger partial charge is 0.323 e.